The van der Waals surface area contributed by atoms with Crippen LogP contribution in [0.1, 0.15) is 25.8 Å². The summed E-state index contributed by atoms with van der Waals surface area (Å²) in [6.45, 7) is 5.11. The highest BCUT2D eigenvalue weighted by molar-refractivity contribution is 6.30. The number of halogens is 1. The lowest BCUT2D eigenvalue weighted by Gasteiger charge is -2.32. The molecule has 18 heavy (non-hydrogen) atoms. The third-order valence-electron chi connectivity index (χ3n) is 3.50. The molecule has 1 rings (SSSR count). The summed E-state index contributed by atoms with van der Waals surface area (Å²) in [4.78, 5) is 2.12. The number of benzene rings is 1. The van der Waals surface area contributed by atoms with Crippen molar-refractivity contribution in [2.45, 2.75) is 25.7 Å². The fourth-order valence-electron chi connectivity index (χ4n) is 2.16. The number of nitriles is 1. The van der Waals surface area contributed by atoms with E-state index < -0.39 is 5.41 Å². The molecule has 0 aromatic heterocycles. The van der Waals surface area contributed by atoms with E-state index in [1.54, 1.807) is 0 Å². The summed E-state index contributed by atoms with van der Waals surface area (Å²) in [6, 6.07) is 10.2. The zero-order valence-corrected chi connectivity index (χ0v) is 12.3. The van der Waals surface area contributed by atoms with Crippen molar-refractivity contribution < 1.29 is 0 Å². The number of hydrogen-bond donors (Lipinski definition) is 0. The van der Waals surface area contributed by atoms with Gasteiger partial charge in [0.25, 0.3) is 0 Å². The molecule has 0 aliphatic rings. The highest BCUT2D eigenvalue weighted by atomic mass is 35.5. The van der Waals surface area contributed by atoms with Crippen LogP contribution >= 0.6 is 11.6 Å². The second-order valence-corrected chi connectivity index (χ2v) is 5.73. The molecule has 0 spiro atoms. The van der Waals surface area contributed by atoms with E-state index in [2.05, 4.69) is 24.8 Å². The van der Waals surface area contributed by atoms with Crippen LogP contribution in [-0.2, 0) is 5.41 Å². The molecule has 0 aliphatic carbocycles. The van der Waals surface area contributed by atoms with Crippen molar-refractivity contribution in [3.63, 3.8) is 0 Å². The molecule has 1 unspecified atom stereocenters. The van der Waals surface area contributed by atoms with E-state index in [0.717, 1.165) is 18.5 Å². The summed E-state index contributed by atoms with van der Waals surface area (Å²) in [5.41, 5.74) is 0.626. The fourth-order valence-corrected chi connectivity index (χ4v) is 2.29. The quantitative estimate of drug-likeness (QED) is 0.811. The summed E-state index contributed by atoms with van der Waals surface area (Å²) >= 11 is 5.92. The van der Waals surface area contributed by atoms with Crippen LogP contribution in [0.15, 0.2) is 24.3 Å². The van der Waals surface area contributed by atoms with Crippen LogP contribution in [0.3, 0.4) is 0 Å². The summed E-state index contributed by atoms with van der Waals surface area (Å²) < 4.78 is 0. The van der Waals surface area contributed by atoms with Crippen LogP contribution in [0.25, 0.3) is 0 Å². The first-order valence-electron chi connectivity index (χ1n) is 6.24. The third kappa shape index (κ3) is 3.25. The molecule has 2 nitrogen and oxygen atoms in total. The number of rotatable bonds is 5. The van der Waals surface area contributed by atoms with Gasteiger partial charge in [-0.2, -0.15) is 5.26 Å². The number of nitrogens with zero attached hydrogens (tertiary/aromatic N) is 2. The molecular weight excluding hydrogens is 244 g/mol. The van der Waals surface area contributed by atoms with Gasteiger partial charge in [0.05, 0.1) is 11.5 Å². The Balaban J connectivity index is 3.11. The lowest BCUT2D eigenvalue weighted by atomic mass is 9.70. The van der Waals surface area contributed by atoms with Crippen LogP contribution in [0.4, 0.5) is 0 Å². The summed E-state index contributed by atoms with van der Waals surface area (Å²) in [6.07, 6.45) is 0.829. The first-order chi connectivity index (χ1) is 8.42. The zero-order chi connectivity index (χ0) is 13.8. The molecule has 1 aromatic carbocycles. The van der Waals surface area contributed by atoms with Gasteiger partial charge in [-0.3, -0.25) is 0 Å². The summed E-state index contributed by atoms with van der Waals surface area (Å²) in [5.74, 6) is 0.267. The molecule has 0 saturated heterocycles. The Morgan fingerprint density at radius 3 is 2.22 bits per heavy atom. The van der Waals surface area contributed by atoms with Gasteiger partial charge in [0.1, 0.15) is 0 Å². The van der Waals surface area contributed by atoms with E-state index in [0.29, 0.717) is 5.02 Å². The maximum atomic E-state index is 9.68. The third-order valence-corrected chi connectivity index (χ3v) is 3.75. The maximum absolute atomic E-state index is 9.68. The van der Waals surface area contributed by atoms with E-state index in [-0.39, 0.29) is 5.92 Å². The van der Waals surface area contributed by atoms with Crippen LogP contribution in [0.2, 0.25) is 5.02 Å². The Bertz CT molecular complexity index is 417. The van der Waals surface area contributed by atoms with Crippen molar-refractivity contribution in [3.05, 3.63) is 34.9 Å². The van der Waals surface area contributed by atoms with Gasteiger partial charge in [-0.15, -0.1) is 0 Å². The average Bonchev–Trinajstić information content (AvgIpc) is 2.31. The molecule has 1 atom stereocenters. The van der Waals surface area contributed by atoms with Gasteiger partial charge < -0.3 is 4.90 Å². The van der Waals surface area contributed by atoms with E-state index in [4.69, 9.17) is 11.6 Å². The van der Waals surface area contributed by atoms with Gasteiger partial charge in [-0.25, -0.2) is 0 Å². The van der Waals surface area contributed by atoms with Crippen molar-refractivity contribution in [1.82, 2.24) is 4.90 Å². The van der Waals surface area contributed by atoms with E-state index in [1.807, 2.05) is 38.4 Å². The molecule has 0 aliphatic heterocycles. The van der Waals surface area contributed by atoms with Crippen molar-refractivity contribution in [1.29, 1.82) is 5.26 Å². The second kappa shape index (κ2) is 6.22. The smallest absolute Gasteiger partial charge is 0.0857 e. The van der Waals surface area contributed by atoms with Crippen molar-refractivity contribution >= 4 is 11.6 Å². The van der Waals surface area contributed by atoms with Crippen LogP contribution in [-0.4, -0.2) is 25.5 Å². The molecule has 0 radical (unpaired) electrons. The minimum Gasteiger partial charge on any atom is -0.309 e. The van der Waals surface area contributed by atoms with Gasteiger partial charge in [0, 0.05) is 5.02 Å². The molecule has 3 heteroatoms. The molecule has 0 saturated carbocycles. The Morgan fingerprint density at radius 2 is 1.83 bits per heavy atom. The SMILES string of the molecule is CC(C)C(C#N)(CCN(C)C)c1ccc(Cl)cc1. The summed E-state index contributed by atoms with van der Waals surface area (Å²) in [5, 5.41) is 10.4. The molecule has 0 amide bonds. The molecule has 0 fully saturated rings. The predicted molar refractivity (Wildman–Crippen MR) is 76.8 cm³/mol. The van der Waals surface area contributed by atoms with Crippen molar-refractivity contribution in [2.24, 2.45) is 5.92 Å². The van der Waals surface area contributed by atoms with Gasteiger partial charge in [-0.1, -0.05) is 37.6 Å². The largest absolute Gasteiger partial charge is 0.309 e. The van der Waals surface area contributed by atoms with Crippen LogP contribution in [0.5, 0.6) is 0 Å². The lowest BCUT2D eigenvalue weighted by molar-refractivity contribution is 0.303. The highest BCUT2D eigenvalue weighted by Crippen LogP contribution is 2.35. The molecule has 0 heterocycles. The molecular formula is C15H21ClN2. The first-order valence-corrected chi connectivity index (χ1v) is 6.62. The molecule has 0 bridgehead atoms. The zero-order valence-electron chi connectivity index (χ0n) is 11.6. The van der Waals surface area contributed by atoms with Crippen molar-refractivity contribution in [3.8, 4) is 6.07 Å². The monoisotopic (exact) mass is 264 g/mol. The van der Waals surface area contributed by atoms with Gasteiger partial charge in [0.15, 0.2) is 0 Å². The molecule has 0 N–H and O–H groups in total. The normalized spacial score (nSPS) is 14.6. The second-order valence-electron chi connectivity index (χ2n) is 5.30. The van der Waals surface area contributed by atoms with Gasteiger partial charge >= 0.3 is 0 Å². The Hall–Kier alpha value is -1.04. The first kappa shape index (κ1) is 15.0. The minimum absolute atomic E-state index is 0.267. The van der Waals surface area contributed by atoms with E-state index in [1.165, 1.54) is 0 Å². The Morgan fingerprint density at radius 1 is 1.28 bits per heavy atom. The standard InChI is InChI=1S/C15H21ClN2/c1-12(2)15(11-17,9-10-18(3)4)13-5-7-14(16)8-6-13/h5-8,12H,9-10H2,1-4H3. The van der Waals surface area contributed by atoms with Crippen LogP contribution in [0, 0.1) is 17.2 Å². The van der Waals surface area contributed by atoms with E-state index >= 15 is 0 Å². The summed E-state index contributed by atoms with van der Waals surface area (Å²) in [7, 11) is 4.06. The predicted octanol–water partition coefficient (Wildman–Crippen LogP) is 3.71. The highest BCUT2D eigenvalue weighted by Gasteiger charge is 2.35. The Kier molecular flexibility index (Phi) is 5.19. The average molecular weight is 265 g/mol. The Labute approximate surface area is 115 Å². The molecule has 98 valence electrons. The molecule has 1 aromatic rings. The fraction of sp³-hybridized carbons (Fsp3) is 0.533. The maximum Gasteiger partial charge on any atom is 0.0857 e. The topological polar surface area (TPSA) is 27.0 Å². The van der Waals surface area contributed by atoms with Crippen molar-refractivity contribution in [2.75, 3.05) is 20.6 Å². The van der Waals surface area contributed by atoms with Gasteiger partial charge in [0.2, 0.25) is 0 Å². The van der Waals surface area contributed by atoms with Crippen LogP contribution < -0.4 is 0 Å². The lowest BCUT2D eigenvalue weighted by Crippen LogP contribution is -2.34. The van der Waals surface area contributed by atoms with Gasteiger partial charge in [-0.05, 0) is 50.7 Å². The number of hydrogen-bond acceptors (Lipinski definition) is 2. The van der Waals surface area contributed by atoms with E-state index in [9.17, 15) is 5.26 Å². The minimum atomic E-state index is -0.436.